The summed E-state index contributed by atoms with van der Waals surface area (Å²) in [6.07, 6.45) is 0. The van der Waals surface area contributed by atoms with E-state index in [0.717, 1.165) is 11.8 Å². The van der Waals surface area contributed by atoms with Crippen LogP contribution in [-0.2, 0) is 19.1 Å². The Bertz CT molecular complexity index is 1130. The van der Waals surface area contributed by atoms with Crippen molar-refractivity contribution >= 4 is 58.4 Å². The van der Waals surface area contributed by atoms with Crippen molar-refractivity contribution in [3.8, 4) is 6.07 Å². The van der Waals surface area contributed by atoms with E-state index in [-0.39, 0.29) is 21.4 Å². The normalized spacial score (nSPS) is 17.9. The molecule has 0 aliphatic carbocycles. The van der Waals surface area contributed by atoms with Gasteiger partial charge in [0, 0.05) is 5.92 Å². The van der Waals surface area contributed by atoms with Crippen LogP contribution in [0, 0.1) is 17.2 Å². The van der Waals surface area contributed by atoms with Crippen molar-refractivity contribution in [2.45, 2.75) is 5.92 Å². The molecule has 0 radical (unpaired) electrons. The van der Waals surface area contributed by atoms with Crippen molar-refractivity contribution in [2.75, 3.05) is 18.2 Å². The van der Waals surface area contributed by atoms with Crippen LogP contribution in [0.25, 0.3) is 0 Å². The Balaban J connectivity index is 1.87. The molecule has 0 bridgehead atoms. The standard InChI is InChI=1S/C22H17Cl2N3O4S/c1-31-22(30)18-17(12-6-3-2-4-7-12)13(10-25)21(27-20(18)29)32-11-16(28)26-15-9-5-8-14(23)19(15)24/h2-9,17-18H,11H2,1H3,(H,26,28)(H,27,29)/t17-,18+/m0/s1. The molecule has 2 atom stereocenters. The summed E-state index contributed by atoms with van der Waals surface area (Å²) in [6, 6.07) is 15.7. The molecule has 1 heterocycles. The number of hydrogen-bond donors (Lipinski definition) is 2. The number of nitrogens with zero attached hydrogens (tertiary/aromatic N) is 1. The molecule has 1 aliphatic heterocycles. The summed E-state index contributed by atoms with van der Waals surface area (Å²) >= 11 is 13.0. The van der Waals surface area contributed by atoms with Gasteiger partial charge in [0.1, 0.15) is 5.92 Å². The second-order valence-corrected chi connectivity index (χ2v) is 8.44. The zero-order chi connectivity index (χ0) is 23.3. The average molecular weight is 490 g/mol. The summed E-state index contributed by atoms with van der Waals surface area (Å²) in [6.45, 7) is 0. The van der Waals surface area contributed by atoms with Gasteiger partial charge in [0.05, 0.1) is 45.3 Å². The quantitative estimate of drug-likeness (QED) is 0.466. The molecule has 7 nitrogen and oxygen atoms in total. The molecule has 0 unspecified atom stereocenters. The Hall–Kier alpha value is -2.99. The number of benzene rings is 2. The molecule has 0 saturated carbocycles. The number of esters is 1. The third-order valence-corrected chi connectivity index (χ3v) is 6.55. The maximum atomic E-state index is 12.8. The highest BCUT2D eigenvalue weighted by Crippen LogP contribution is 2.40. The number of nitriles is 1. The van der Waals surface area contributed by atoms with E-state index in [1.165, 1.54) is 7.11 Å². The number of anilines is 1. The molecule has 2 aromatic rings. The van der Waals surface area contributed by atoms with Crippen molar-refractivity contribution in [1.82, 2.24) is 5.32 Å². The van der Waals surface area contributed by atoms with E-state index in [2.05, 4.69) is 16.7 Å². The Morgan fingerprint density at radius 1 is 1.19 bits per heavy atom. The number of halogens is 2. The summed E-state index contributed by atoms with van der Waals surface area (Å²) in [4.78, 5) is 37.6. The number of allylic oxidation sites excluding steroid dienone is 1. The summed E-state index contributed by atoms with van der Waals surface area (Å²) in [5, 5.41) is 15.8. The second-order valence-electron chi connectivity index (χ2n) is 6.67. The Morgan fingerprint density at radius 2 is 1.91 bits per heavy atom. The number of hydrogen-bond acceptors (Lipinski definition) is 6. The van der Waals surface area contributed by atoms with Crippen LogP contribution in [0.2, 0.25) is 10.0 Å². The fraction of sp³-hybridized carbons (Fsp3) is 0.182. The van der Waals surface area contributed by atoms with Crippen LogP contribution in [0.3, 0.4) is 0 Å². The first kappa shape index (κ1) is 23.7. The summed E-state index contributed by atoms with van der Waals surface area (Å²) in [7, 11) is 1.18. The molecule has 0 fully saturated rings. The molecule has 10 heteroatoms. The molecule has 0 aromatic heterocycles. The van der Waals surface area contributed by atoms with Crippen LogP contribution in [0.1, 0.15) is 11.5 Å². The molecule has 2 N–H and O–H groups in total. The third kappa shape index (κ3) is 5.07. The van der Waals surface area contributed by atoms with E-state index >= 15 is 0 Å². The van der Waals surface area contributed by atoms with Crippen LogP contribution in [-0.4, -0.2) is 30.6 Å². The monoisotopic (exact) mass is 489 g/mol. The van der Waals surface area contributed by atoms with Crippen molar-refractivity contribution < 1.29 is 19.1 Å². The highest BCUT2D eigenvalue weighted by Gasteiger charge is 2.44. The zero-order valence-electron chi connectivity index (χ0n) is 16.7. The molecular formula is C22H17Cl2N3O4S. The number of carbonyl (C=O) groups excluding carboxylic acids is 3. The van der Waals surface area contributed by atoms with Gasteiger partial charge in [0.25, 0.3) is 0 Å². The SMILES string of the molecule is COC(=O)[C@H]1C(=O)NC(SCC(=O)Nc2cccc(Cl)c2Cl)=C(C#N)[C@@H]1c1ccccc1. The minimum absolute atomic E-state index is 0.117. The lowest BCUT2D eigenvalue weighted by Crippen LogP contribution is -2.44. The number of amides is 2. The van der Waals surface area contributed by atoms with Gasteiger partial charge in [-0.15, -0.1) is 0 Å². The largest absolute Gasteiger partial charge is 0.468 e. The summed E-state index contributed by atoms with van der Waals surface area (Å²) in [5.41, 5.74) is 1.13. The molecule has 0 spiro atoms. The fourth-order valence-electron chi connectivity index (χ4n) is 3.26. The molecule has 3 rings (SSSR count). The van der Waals surface area contributed by atoms with Gasteiger partial charge < -0.3 is 15.4 Å². The van der Waals surface area contributed by atoms with E-state index in [4.69, 9.17) is 27.9 Å². The molecule has 164 valence electrons. The van der Waals surface area contributed by atoms with Gasteiger partial charge in [0.2, 0.25) is 11.8 Å². The average Bonchev–Trinajstić information content (AvgIpc) is 2.80. The molecule has 0 saturated heterocycles. The van der Waals surface area contributed by atoms with Gasteiger partial charge in [-0.05, 0) is 17.7 Å². The lowest BCUT2D eigenvalue weighted by atomic mass is 9.78. The van der Waals surface area contributed by atoms with Crippen molar-refractivity contribution in [1.29, 1.82) is 5.26 Å². The zero-order valence-corrected chi connectivity index (χ0v) is 19.1. The minimum Gasteiger partial charge on any atom is -0.468 e. The number of thioether (sulfide) groups is 1. The first-order valence-electron chi connectivity index (χ1n) is 9.32. The number of ether oxygens (including phenoxy) is 1. The van der Waals surface area contributed by atoms with Crippen LogP contribution in [0.5, 0.6) is 0 Å². The first-order chi connectivity index (χ1) is 15.4. The lowest BCUT2D eigenvalue weighted by molar-refractivity contribution is -0.150. The van der Waals surface area contributed by atoms with Crippen LogP contribution in [0.4, 0.5) is 5.69 Å². The predicted molar refractivity (Wildman–Crippen MR) is 123 cm³/mol. The fourth-order valence-corrected chi connectivity index (χ4v) is 4.46. The van der Waals surface area contributed by atoms with Gasteiger partial charge in [-0.25, -0.2) is 0 Å². The molecule has 1 aliphatic rings. The van der Waals surface area contributed by atoms with Crippen molar-refractivity contribution in [3.63, 3.8) is 0 Å². The number of nitrogens with one attached hydrogen (secondary N) is 2. The van der Waals surface area contributed by atoms with Gasteiger partial charge in [0.15, 0.2) is 0 Å². The molecule has 32 heavy (non-hydrogen) atoms. The summed E-state index contributed by atoms with van der Waals surface area (Å²) in [5.74, 6) is -3.94. The maximum Gasteiger partial charge on any atom is 0.319 e. The first-order valence-corrected chi connectivity index (χ1v) is 11.1. The topological polar surface area (TPSA) is 108 Å². The second kappa shape index (κ2) is 10.6. The third-order valence-electron chi connectivity index (χ3n) is 4.72. The number of carbonyl (C=O) groups is 3. The van der Waals surface area contributed by atoms with Crippen LogP contribution >= 0.6 is 35.0 Å². The Labute approximate surface area is 198 Å². The minimum atomic E-state index is -1.22. The highest BCUT2D eigenvalue weighted by molar-refractivity contribution is 8.03. The smallest absolute Gasteiger partial charge is 0.319 e. The van der Waals surface area contributed by atoms with Gasteiger partial charge in [-0.1, -0.05) is 71.4 Å². The number of rotatable bonds is 6. The van der Waals surface area contributed by atoms with E-state index in [9.17, 15) is 19.6 Å². The van der Waals surface area contributed by atoms with Gasteiger partial charge in [-0.2, -0.15) is 5.26 Å². The summed E-state index contributed by atoms with van der Waals surface area (Å²) < 4.78 is 4.80. The van der Waals surface area contributed by atoms with Crippen LogP contribution in [0.15, 0.2) is 59.1 Å². The number of methoxy groups -OCH3 is 1. The Kier molecular flexibility index (Phi) is 7.80. The Morgan fingerprint density at radius 3 is 2.56 bits per heavy atom. The van der Waals surface area contributed by atoms with E-state index in [1.54, 1.807) is 48.5 Å². The van der Waals surface area contributed by atoms with Gasteiger partial charge >= 0.3 is 5.97 Å². The maximum absolute atomic E-state index is 12.8. The van der Waals surface area contributed by atoms with E-state index < -0.39 is 29.6 Å². The van der Waals surface area contributed by atoms with E-state index in [0.29, 0.717) is 16.3 Å². The lowest BCUT2D eigenvalue weighted by Gasteiger charge is -2.30. The van der Waals surface area contributed by atoms with Crippen molar-refractivity contribution in [2.24, 2.45) is 5.92 Å². The molecule has 2 amide bonds. The van der Waals surface area contributed by atoms with Crippen LogP contribution < -0.4 is 10.6 Å². The van der Waals surface area contributed by atoms with Gasteiger partial charge in [-0.3, -0.25) is 14.4 Å². The van der Waals surface area contributed by atoms with Crippen molar-refractivity contribution in [3.05, 3.63) is 74.7 Å². The highest BCUT2D eigenvalue weighted by atomic mass is 35.5. The molecule has 2 aromatic carbocycles. The van der Waals surface area contributed by atoms with E-state index in [1.807, 2.05) is 0 Å². The predicted octanol–water partition coefficient (Wildman–Crippen LogP) is 4.10. The molecular weight excluding hydrogens is 473 g/mol.